The predicted molar refractivity (Wildman–Crippen MR) is 69.3 cm³/mol. The first-order chi connectivity index (χ1) is 8.42. The smallest absolute Gasteiger partial charge is 0.310 e. The molecule has 0 spiro atoms. The number of nitrogens with one attached hydrogen (secondary N) is 2. The van der Waals surface area contributed by atoms with Gasteiger partial charge in [-0.05, 0) is 52.1 Å². The number of carbonyl (C=O) groups is 2. The number of aliphatic carboxylic acids is 1. The van der Waals surface area contributed by atoms with Crippen LogP contribution >= 0.6 is 0 Å². The van der Waals surface area contributed by atoms with Crippen molar-refractivity contribution in [3.05, 3.63) is 0 Å². The van der Waals surface area contributed by atoms with Crippen LogP contribution in [0.3, 0.4) is 0 Å². The molecule has 1 aliphatic heterocycles. The van der Waals surface area contributed by atoms with Crippen molar-refractivity contribution in [1.29, 1.82) is 0 Å². The minimum atomic E-state index is -0.898. The monoisotopic (exact) mass is 256 g/mol. The molecule has 0 unspecified atom stereocenters. The van der Waals surface area contributed by atoms with Crippen LogP contribution in [0.1, 0.15) is 39.5 Å². The number of carboxylic acid groups (broad SMARTS) is 1. The molecule has 0 aromatic carbocycles. The summed E-state index contributed by atoms with van der Waals surface area (Å²) >= 11 is 0. The van der Waals surface area contributed by atoms with Gasteiger partial charge in [-0.3, -0.25) is 9.59 Å². The van der Waals surface area contributed by atoms with E-state index in [-0.39, 0.29) is 12.5 Å². The average Bonchev–Trinajstić information content (AvgIpc) is 2.35. The molecule has 0 radical (unpaired) electrons. The molecular formula is C13H24N2O3. The number of hydrogen-bond donors (Lipinski definition) is 3. The Labute approximate surface area is 108 Å². The number of carbonyl (C=O) groups excluding carboxylic acids is 1. The van der Waals surface area contributed by atoms with E-state index in [4.69, 9.17) is 5.11 Å². The molecule has 1 aliphatic rings. The molecule has 5 nitrogen and oxygen atoms in total. The maximum atomic E-state index is 11.6. The van der Waals surface area contributed by atoms with Gasteiger partial charge in [-0.25, -0.2) is 0 Å². The van der Waals surface area contributed by atoms with Crippen LogP contribution < -0.4 is 10.6 Å². The van der Waals surface area contributed by atoms with E-state index in [0.29, 0.717) is 12.3 Å². The zero-order chi connectivity index (χ0) is 13.6. The number of carboxylic acids is 1. The van der Waals surface area contributed by atoms with E-state index in [1.54, 1.807) is 13.8 Å². The Morgan fingerprint density at radius 2 is 1.94 bits per heavy atom. The van der Waals surface area contributed by atoms with Gasteiger partial charge < -0.3 is 15.7 Å². The maximum absolute atomic E-state index is 11.6. The van der Waals surface area contributed by atoms with Crippen molar-refractivity contribution in [2.24, 2.45) is 11.3 Å². The van der Waals surface area contributed by atoms with Gasteiger partial charge in [-0.15, -0.1) is 0 Å². The standard InChI is InChI=1S/C13H24N2O3/c1-13(2,12(17)18)9-15-11(16)4-3-10-5-7-14-8-6-10/h10,14H,3-9H2,1-2H3,(H,15,16)(H,17,18). The summed E-state index contributed by atoms with van der Waals surface area (Å²) in [7, 11) is 0. The summed E-state index contributed by atoms with van der Waals surface area (Å²) in [5.74, 6) is -0.298. The summed E-state index contributed by atoms with van der Waals surface area (Å²) in [4.78, 5) is 22.5. The summed E-state index contributed by atoms with van der Waals surface area (Å²) in [6, 6.07) is 0. The quantitative estimate of drug-likeness (QED) is 0.662. The van der Waals surface area contributed by atoms with Gasteiger partial charge in [0.15, 0.2) is 0 Å². The molecule has 5 heteroatoms. The Bertz CT molecular complexity index is 297. The molecule has 0 aliphatic carbocycles. The summed E-state index contributed by atoms with van der Waals surface area (Å²) in [6.07, 6.45) is 3.67. The Kier molecular flexibility index (Phi) is 5.59. The van der Waals surface area contributed by atoms with Crippen molar-refractivity contribution in [2.45, 2.75) is 39.5 Å². The van der Waals surface area contributed by atoms with Crippen LogP contribution in [0.4, 0.5) is 0 Å². The first kappa shape index (κ1) is 15.0. The number of amides is 1. The van der Waals surface area contributed by atoms with Gasteiger partial charge in [0.1, 0.15) is 0 Å². The van der Waals surface area contributed by atoms with Gasteiger partial charge in [0.25, 0.3) is 0 Å². The van der Waals surface area contributed by atoms with Gasteiger partial charge in [0.05, 0.1) is 5.41 Å². The topological polar surface area (TPSA) is 78.4 Å². The number of hydrogen-bond acceptors (Lipinski definition) is 3. The van der Waals surface area contributed by atoms with Crippen molar-refractivity contribution in [2.75, 3.05) is 19.6 Å². The highest BCUT2D eigenvalue weighted by molar-refractivity contribution is 5.78. The third kappa shape index (κ3) is 5.04. The molecule has 104 valence electrons. The second-order valence-corrected chi connectivity index (χ2v) is 5.70. The Balaban J connectivity index is 2.19. The minimum Gasteiger partial charge on any atom is -0.481 e. The van der Waals surface area contributed by atoms with Crippen LogP contribution in [0.5, 0.6) is 0 Å². The molecule has 1 saturated heterocycles. The summed E-state index contributed by atoms with van der Waals surface area (Å²) in [5, 5.41) is 14.9. The van der Waals surface area contributed by atoms with Gasteiger partial charge in [0.2, 0.25) is 5.91 Å². The number of rotatable bonds is 6. The zero-order valence-electron chi connectivity index (χ0n) is 11.3. The second kappa shape index (κ2) is 6.73. The van der Waals surface area contributed by atoms with Crippen LogP contribution in [0, 0.1) is 11.3 Å². The second-order valence-electron chi connectivity index (χ2n) is 5.70. The molecule has 3 N–H and O–H groups in total. The van der Waals surface area contributed by atoms with Crippen molar-refractivity contribution in [1.82, 2.24) is 10.6 Å². The molecule has 1 rings (SSSR count). The molecule has 0 aromatic heterocycles. The highest BCUT2D eigenvalue weighted by atomic mass is 16.4. The molecule has 0 saturated carbocycles. The fraction of sp³-hybridized carbons (Fsp3) is 0.846. The van der Waals surface area contributed by atoms with E-state index in [1.807, 2.05) is 0 Å². The lowest BCUT2D eigenvalue weighted by Crippen LogP contribution is -2.39. The lowest BCUT2D eigenvalue weighted by Gasteiger charge is -2.23. The highest BCUT2D eigenvalue weighted by Crippen LogP contribution is 2.18. The van der Waals surface area contributed by atoms with E-state index in [2.05, 4.69) is 10.6 Å². The van der Waals surface area contributed by atoms with Crippen molar-refractivity contribution < 1.29 is 14.7 Å². The lowest BCUT2D eigenvalue weighted by molar-refractivity contribution is -0.146. The van der Waals surface area contributed by atoms with E-state index in [0.717, 1.165) is 32.4 Å². The van der Waals surface area contributed by atoms with Gasteiger partial charge in [-0.2, -0.15) is 0 Å². The molecule has 1 amide bonds. The molecule has 0 aromatic rings. The minimum absolute atomic E-state index is 0.0390. The Morgan fingerprint density at radius 1 is 1.33 bits per heavy atom. The zero-order valence-corrected chi connectivity index (χ0v) is 11.3. The highest BCUT2D eigenvalue weighted by Gasteiger charge is 2.27. The first-order valence-electron chi connectivity index (χ1n) is 6.62. The molecule has 0 bridgehead atoms. The number of piperidine rings is 1. The van der Waals surface area contributed by atoms with Crippen LogP contribution in [0.15, 0.2) is 0 Å². The molecule has 1 heterocycles. The molecular weight excluding hydrogens is 232 g/mol. The van der Waals surface area contributed by atoms with Crippen LogP contribution in [0.2, 0.25) is 0 Å². The SMILES string of the molecule is CC(C)(CNC(=O)CCC1CCNCC1)C(=O)O. The third-order valence-electron chi connectivity index (χ3n) is 3.54. The largest absolute Gasteiger partial charge is 0.481 e. The van der Waals surface area contributed by atoms with Crippen molar-refractivity contribution >= 4 is 11.9 Å². The van der Waals surface area contributed by atoms with Crippen LogP contribution in [-0.4, -0.2) is 36.6 Å². The first-order valence-corrected chi connectivity index (χ1v) is 6.62. The van der Waals surface area contributed by atoms with Gasteiger partial charge >= 0.3 is 5.97 Å². The lowest BCUT2D eigenvalue weighted by atomic mass is 9.92. The summed E-state index contributed by atoms with van der Waals surface area (Å²) in [5.41, 5.74) is -0.898. The average molecular weight is 256 g/mol. The maximum Gasteiger partial charge on any atom is 0.310 e. The molecule has 0 atom stereocenters. The van der Waals surface area contributed by atoms with Crippen LogP contribution in [-0.2, 0) is 9.59 Å². The van der Waals surface area contributed by atoms with Gasteiger partial charge in [-0.1, -0.05) is 0 Å². The van der Waals surface area contributed by atoms with E-state index >= 15 is 0 Å². The fourth-order valence-electron chi connectivity index (χ4n) is 1.99. The normalized spacial score (nSPS) is 17.4. The van der Waals surface area contributed by atoms with E-state index < -0.39 is 11.4 Å². The summed E-state index contributed by atoms with van der Waals surface area (Å²) in [6.45, 7) is 5.49. The van der Waals surface area contributed by atoms with E-state index in [1.165, 1.54) is 0 Å². The molecule has 18 heavy (non-hydrogen) atoms. The molecule has 1 fully saturated rings. The van der Waals surface area contributed by atoms with Crippen LogP contribution in [0.25, 0.3) is 0 Å². The predicted octanol–water partition coefficient (Wildman–Crippen LogP) is 0.993. The van der Waals surface area contributed by atoms with E-state index in [9.17, 15) is 9.59 Å². The Hall–Kier alpha value is -1.10. The van der Waals surface area contributed by atoms with Crippen molar-refractivity contribution in [3.8, 4) is 0 Å². The Morgan fingerprint density at radius 3 is 2.50 bits per heavy atom. The fourth-order valence-corrected chi connectivity index (χ4v) is 1.99. The van der Waals surface area contributed by atoms with Gasteiger partial charge in [0, 0.05) is 13.0 Å². The summed E-state index contributed by atoms with van der Waals surface area (Å²) < 4.78 is 0. The van der Waals surface area contributed by atoms with Crippen molar-refractivity contribution in [3.63, 3.8) is 0 Å². The third-order valence-corrected chi connectivity index (χ3v) is 3.54.